The maximum Gasteiger partial charge on any atom is 0.338 e. The second-order valence-corrected chi connectivity index (χ2v) is 6.20. The number of carbonyl (C=O) groups is 1. The number of phenolic OH excluding ortho intramolecular Hbond substituents is 1. The molecule has 0 amide bonds. The molecular formula is C18H24O9. The van der Waals surface area contributed by atoms with E-state index in [-0.39, 0.29) is 19.0 Å². The van der Waals surface area contributed by atoms with Crippen LogP contribution < -0.4 is 0 Å². The molecule has 150 valence electrons. The van der Waals surface area contributed by atoms with Crippen molar-refractivity contribution in [1.82, 2.24) is 0 Å². The van der Waals surface area contributed by atoms with E-state index in [9.17, 15) is 25.2 Å². The van der Waals surface area contributed by atoms with Crippen LogP contribution in [0.5, 0.6) is 5.75 Å². The summed E-state index contributed by atoms with van der Waals surface area (Å²) < 4.78 is 15.7. The van der Waals surface area contributed by atoms with Crippen LogP contribution in [0.3, 0.4) is 0 Å². The van der Waals surface area contributed by atoms with E-state index in [1.54, 1.807) is 13.0 Å². The molecule has 9 nitrogen and oxygen atoms in total. The quantitative estimate of drug-likeness (QED) is 0.304. The molecule has 9 heteroatoms. The van der Waals surface area contributed by atoms with Gasteiger partial charge in [0.05, 0.1) is 18.8 Å². The van der Waals surface area contributed by atoms with Crippen molar-refractivity contribution in [3.05, 3.63) is 41.5 Å². The highest BCUT2D eigenvalue weighted by Gasteiger charge is 2.43. The lowest BCUT2D eigenvalue weighted by molar-refractivity contribution is -0.298. The Labute approximate surface area is 156 Å². The van der Waals surface area contributed by atoms with E-state index in [0.29, 0.717) is 11.1 Å². The average Bonchev–Trinajstić information content (AvgIpc) is 2.66. The molecule has 1 saturated heterocycles. The Balaban J connectivity index is 1.79. The number of aliphatic hydroxyl groups is 4. The molecular weight excluding hydrogens is 360 g/mol. The first-order chi connectivity index (χ1) is 12.8. The first kappa shape index (κ1) is 21.3. The topological polar surface area (TPSA) is 146 Å². The molecule has 1 heterocycles. The smallest absolute Gasteiger partial charge is 0.338 e. The maximum absolute atomic E-state index is 11.9. The number of aliphatic hydroxyl groups excluding tert-OH is 4. The molecule has 1 aromatic carbocycles. The summed E-state index contributed by atoms with van der Waals surface area (Å²) in [4.78, 5) is 11.9. The van der Waals surface area contributed by atoms with Gasteiger partial charge in [0.1, 0.15) is 36.8 Å². The maximum atomic E-state index is 11.9. The van der Waals surface area contributed by atoms with Crippen LogP contribution in [-0.4, -0.2) is 82.0 Å². The number of esters is 1. The summed E-state index contributed by atoms with van der Waals surface area (Å²) in [6, 6.07) is 5.65. The molecule has 1 fully saturated rings. The van der Waals surface area contributed by atoms with Crippen molar-refractivity contribution >= 4 is 5.97 Å². The Morgan fingerprint density at radius 3 is 2.44 bits per heavy atom. The van der Waals surface area contributed by atoms with Gasteiger partial charge in [-0.05, 0) is 36.8 Å². The third-order valence-electron chi connectivity index (χ3n) is 4.07. The lowest BCUT2D eigenvalue weighted by Gasteiger charge is -2.39. The fourth-order valence-corrected chi connectivity index (χ4v) is 2.41. The van der Waals surface area contributed by atoms with Crippen LogP contribution in [0.2, 0.25) is 0 Å². The minimum Gasteiger partial charge on any atom is -0.508 e. The van der Waals surface area contributed by atoms with Gasteiger partial charge in [-0.15, -0.1) is 0 Å². The fraction of sp³-hybridized carbons (Fsp3) is 0.500. The fourth-order valence-electron chi connectivity index (χ4n) is 2.41. The summed E-state index contributed by atoms with van der Waals surface area (Å²) in [6.07, 6.45) is -5.07. The van der Waals surface area contributed by atoms with Gasteiger partial charge < -0.3 is 39.7 Å². The van der Waals surface area contributed by atoms with Gasteiger partial charge in [-0.1, -0.05) is 6.08 Å². The highest BCUT2D eigenvalue weighted by atomic mass is 16.7. The summed E-state index contributed by atoms with van der Waals surface area (Å²) in [5, 5.41) is 47.6. The first-order valence-corrected chi connectivity index (χ1v) is 8.37. The predicted octanol–water partition coefficient (Wildman–Crippen LogP) is -0.688. The van der Waals surface area contributed by atoms with Gasteiger partial charge in [-0.25, -0.2) is 4.79 Å². The number of hydrogen-bond donors (Lipinski definition) is 5. The lowest BCUT2D eigenvalue weighted by Crippen LogP contribution is -2.59. The third-order valence-corrected chi connectivity index (χ3v) is 4.07. The molecule has 2 rings (SSSR count). The number of benzene rings is 1. The van der Waals surface area contributed by atoms with Gasteiger partial charge in [-0.2, -0.15) is 0 Å². The van der Waals surface area contributed by atoms with Gasteiger partial charge in [0.25, 0.3) is 0 Å². The predicted molar refractivity (Wildman–Crippen MR) is 91.9 cm³/mol. The molecule has 27 heavy (non-hydrogen) atoms. The van der Waals surface area contributed by atoms with Crippen LogP contribution >= 0.6 is 0 Å². The second-order valence-electron chi connectivity index (χ2n) is 6.20. The Hall–Kier alpha value is -2.01. The average molecular weight is 384 g/mol. The van der Waals surface area contributed by atoms with Gasteiger partial charge in [0.15, 0.2) is 6.29 Å². The molecule has 0 aliphatic carbocycles. The number of aromatic hydroxyl groups is 1. The van der Waals surface area contributed by atoms with Crippen LogP contribution in [0.25, 0.3) is 0 Å². The van der Waals surface area contributed by atoms with E-state index in [4.69, 9.17) is 19.3 Å². The first-order valence-electron chi connectivity index (χ1n) is 8.37. The zero-order valence-electron chi connectivity index (χ0n) is 14.8. The summed E-state index contributed by atoms with van der Waals surface area (Å²) in [6.45, 7) is 1.18. The molecule has 0 aromatic heterocycles. The van der Waals surface area contributed by atoms with E-state index in [1.165, 1.54) is 24.3 Å². The number of hydrogen-bond acceptors (Lipinski definition) is 9. The van der Waals surface area contributed by atoms with Crippen molar-refractivity contribution in [3.8, 4) is 5.75 Å². The van der Waals surface area contributed by atoms with E-state index < -0.39 is 43.3 Å². The highest BCUT2D eigenvalue weighted by molar-refractivity contribution is 5.89. The summed E-state index contributed by atoms with van der Waals surface area (Å²) >= 11 is 0. The normalized spacial score (nSPS) is 28.8. The Bertz CT molecular complexity index is 641. The van der Waals surface area contributed by atoms with Crippen molar-refractivity contribution in [2.24, 2.45) is 0 Å². The van der Waals surface area contributed by atoms with Crippen LogP contribution in [-0.2, 0) is 14.2 Å². The summed E-state index contributed by atoms with van der Waals surface area (Å²) in [5.74, 6) is -0.495. The van der Waals surface area contributed by atoms with E-state index in [1.807, 2.05) is 0 Å². The molecule has 5 N–H and O–H groups in total. The minimum absolute atomic E-state index is 0.00865. The van der Waals surface area contributed by atoms with Gasteiger partial charge in [0.2, 0.25) is 0 Å². The largest absolute Gasteiger partial charge is 0.508 e. The molecule has 5 atom stereocenters. The molecule has 1 aliphatic rings. The third kappa shape index (κ3) is 5.73. The van der Waals surface area contributed by atoms with Gasteiger partial charge in [-0.3, -0.25) is 0 Å². The van der Waals surface area contributed by atoms with Crippen molar-refractivity contribution in [2.45, 2.75) is 37.6 Å². The SMILES string of the molecule is C/C(=C\COC1OC(CO)C(O)C(O)C1O)COC(=O)c1ccc(O)cc1. The number of ether oxygens (including phenoxy) is 3. The molecule has 0 spiro atoms. The van der Waals surface area contributed by atoms with Crippen molar-refractivity contribution < 1.29 is 44.5 Å². The monoisotopic (exact) mass is 384 g/mol. The van der Waals surface area contributed by atoms with Crippen LogP contribution in [0.15, 0.2) is 35.9 Å². The van der Waals surface area contributed by atoms with Crippen molar-refractivity contribution in [1.29, 1.82) is 0 Å². The van der Waals surface area contributed by atoms with Crippen molar-refractivity contribution in [2.75, 3.05) is 19.8 Å². The minimum atomic E-state index is -1.50. The molecule has 0 saturated carbocycles. The molecule has 1 aromatic rings. The number of rotatable bonds is 7. The molecule has 1 aliphatic heterocycles. The highest BCUT2D eigenvalue weighted by Crippen LogP contribution is 2.22. The molecule has 5 unspecified atom stereocenters. The Morgan fingerprint density at radius 2 is 1.81 bits per heavy atom. The summed E-state index contributed by atoms with van der Waals surface area (Å²) in [7, 11) is 0. The van der Waals surface area contributed by atoms with E-state index in [0.717, 1.165) is 0 Å². The Morgan fingerprint density at radius 1 is 1.15 bits per heavy atom. The second kappa shape index (κ2) is 9.79. The number of phenols is 1. The zero-order valence-corrected chi connectivity index (χ0v) is 14.8. The standard InChI is InChI=1S/C18H24O9/c1-10(9-26-17(24)11-2-4-12(20)5-3-11)6-7-25-18-16(23)15(22)14(21)13(8-19)27-18/h2-6,13-16,18-23H,7-9H2,1H3/b10-6+. The Kier molecular flexibility index (Phi) is 7.72. The van der Waals surface area contributed by atoms with Crippen LogP contribution in [0, 0.1) is 0 Å². The van der Waals surface area contributed by atoms with Gasteiger partial charge >= 0.3 is 5.97 Å². The summed E-state index contributed by atoms with van der Waals surface area (Å²) in [5.41, 5.74) is 0.977. The zero-order chi connectivity index (χ0) is 20.0. The van der Waals surface area contributed by atoms with Crippen LogP contribution in [0.1, 0.15) is 17.3 Å². The molecule has 0 radical (unpaired) electrons. The van der Waals surface area contributed by atoms with Crippen LogP contribution in [0.4, 0.5) is 0 Å². The lowest BCUT2D eigenvalue weighted by atomic mass is 9.99. The van der Waals surface area contributed by atoms with Gasteiger partial charge in [0, 0.05) is 0 Å². The number of carbonyl (C=O) groups excluding carboxylic acids is 1. The molecule has 0 bridgehead atoms. The van der Waals surface area contributed by atoms with E-state index in [2.05, 4.69) is 0 Å². The van der Waals surface area contributed by atoms with Crippen molar-refractivity contribution in [3.63, 3.8) is 0 Å². The van der Waals surface area contributed by atoms with E-state index >= 15 is 0 Å².